The van der Waals surface area contributed by atoms with Crippen LogP contribution in [0.4, 0.5) is 0 Å². The molecule has 0 fully saturated rings. The van der Waals surface area contributed by atoms with E-state index in [9.17, 15) is 5.11 Å². The second kappa shape index (κ2) is 3.73. The average Bonchev–Trinajstić information content (AvgIpc) is 2.05. The molecule has 1 aliphatic carbocycles. The van der Waals surface area contributed by atoms with E-state index < -0.39 is 5.60 Å². The Bertz CT molecular complexity index is 333. The molecule has 1 rings (SSSR count). The van der Waals surface area contributed by atoms with E-state index in [0.717, 1.165) is 6.42 Å². The van der Waals surface area contributed by atoms with Crippen molar-refractivity contribution in [3.8, 4) is 0 Å². The summed E-state index contributed by atoms with van der Waals surface area (Å²) in [5.74, 6) is 0. The van der Waals surface area contributed by atoms with Crippen LogP contribution < -0.4 is 0 Å². The zero-order valence-electron chi connectivity index (χ0n) is 11.8. The van der Waals surface area contributed by atoms with Crippen molar-refractivity contribution in [2.75, 3.05) is 0 Å². The molecule has 0 saturated carbocycles. The molecule has 1 atom stereocenters. The minimum atomic E-state index is -0.713. The predicted octanol–water partition coefficient (Wildman–Crippen LogP) is 4.09. The van der Waals surface area contributed by atoms with Gasteiger partial charge in [0.05, 0.1) is 5.60 Å². The molecule has 0 aromatic heterocycles. The fourth-order valence-electron chi connectivity index (χ4n) is 2.16. The molecule has 0 radical (unpaired) electrons. The van der Waals surface area contributed by atoms with E-state index >= 15 is 0 Å². The normalized spacial score (nSPS) is 27.5. The topological polar surface area (TPSA) is 20.2 Å². The summed E-state index contributed by atoms with van der Waals surface area (Å²) in [6.45, 7) is 15.0. The summed E-state index contributed by atoms with van der Waals surface area (Å²) in [4.78, 5) is 0. The van der Waals surface area contributed by atoms with Gasteiger partial charge < -0.3 is 5.11 Å². The maximum absolute atomic E-state index is 10.7. The van der Waals surface area contributed by atoms with Crippen molar-refractivity contribution >= 4 is 0 Å². The first-order valence-corrected chi connectivity index (χ1v) is 6.10. The van der Waals surface area contributed by atoms with Crippen LogP contribution in [0.15, 0.2) is 23.3 Å². The molecule has 1 heteroatoms. The van der Waals surface area contributed by atoms with Gasteiger partial charge in [-0.05, 0) is 35.8 Å². The minimum absolute atomic E-state index is 0.0975. The quantitative estimate of drug-likeness (QED) is 0.654. The fraction of sp³-hybridized carbons (Fsp3) is 0.733. The Hall–Kier alpha value is -0.560. The molecule has 1 unspecified atom stereocenters. The molecule has 0 aromatic carbocycles. The smallest absolute Gasteiger partial charge is 0.0916 e. The Balaban J connectivity index is 3.21. The van der Waals surface area contributed by atoms with Crippen LogP contribution in [-0.4, -0.2) is 10.7 Å². The van der Waals surface area contributed by atoms with E-state index in [4.69, 9.17) is 0 Å². The highest BCUT2D eigenvalue weighted by molar-refractivity contribution is 5.40. The van der Waals surface area contributed by atoms with Crippen molar-refractivity contribution in [2.24, 2.45) is 10.8 Å². The van der Waals surface area contributed by atoms with Crippen LogP contribution >= 0.6 is 0 Å². The average molecular weight is 222 g/mol. The maximum atomic E-state index is 10.7. The van der Waals surface area contributed by atoms with Crippen molar-refractivity contribution in [1.29, 1.82) is 0 Å². The lowest BCUT2D eigenvalue weighted by Gasteiger charge is -2.42. The third-order valence-electron chi connectivity index (χ3n) is 3.63. The van der Waals surface area contributed by atoms with Gasteiger partial charge in [-0.2, -0.15) is 0 Å². The van der Waals surface area contributed by atoms with Crippen LogP contribution in [0, 0.1) is 10.8 Å². The summed E-state index contributed by atoms with van der Waals surface area (Å²) in [7, 11) is 0. The standard InChI is InChI=1S/C15H26O/c1-11-8-9-15(16,14(5,6)7)10-12(11)13(2,3)4/h8,10,16H,9H2,1-7H3. The van der Waals surface area contributed by atoms with Gasteiger partial charge in [-0.3, -0.25) is 0 Å². The number of hydrogen-bond acceptors (Lipinski definition) is 1. The first-order valence-electron chi connectivity index (χ1n) is 6.10. The molecule has 92 valence electrons. The Morgan fingerprint density at radius 2 is 1.62 bits per heavy atom. The molecule has 0 heterocycles. The third kappa shape index (κ3) is 2.40. The van der Waals surface area contributed by atoms with Crippen molar-refractivity contribution in [1.82, 2.24) is 0 Å². The van der Waals surface area contributed by atoms with E-state index in [1.165, 1.54) is 11.1 Å². The highest BCUT2D eigenvalue weighted by Gasteiger charge is 2.40. The van der Waals surface area contributed by atoms with E-state index in [0.29, 0.717) is 0 Å². The van der Waals surface area contributed by atoms with Gasteiger partial charge in [0, 0.05) is 0 Å². The summed E-state index contributed by atoms with van der Waals surface area (Å²) in [6, 6.07) is 0. The van der Waals surface area contributed by atoms with Gasteiger partial charge in [-0.1, -0.05) is 53.2 Å². The molecule has 0 amide bonds. The second-order valence-electron chi connectivity index (χ2n) is 7.07. The predicted molar refractivity (Wildman–Crippen MR) is 70.3 cm³/mol. The zero-order chi connectivity index (χ0) is 12.8. The highest BCUT2D eigenvalue weighted by Crippen LogP contribution is 2.43. The molecule has 16 heavy (non-hydrogen) atoms. The number of hydrogen-bond donors (Lipinski definition) is 1. The SMILES string of the molecule is CC1=CCC(O)(C(C)(C)C)C=C1C(C)(C)C. The van der Waals surface area contributed by atoms with Gasteiger partial charge in [0.25, 0.3) is 0 Å². The summed E-state index contributed by atoms with van der Waals surface area (Å²) in [5.41, 5.74) is 1.84. The van der Waals surface area contributed by atoms with Gasteiger partial charge >= 0.3 is 0 Å². The molecule has 1 aliphatic rings. The first-order chi connectivity index (χ1) is 6.97. The molecule has 0 aliphatic heterocycles. The van der Waals surface area contributed by atoms with Crippen molar-refractivity contribution in [3.63, 3.8) is 0 Å². The largest absolute Gasteiger partial charge is 0.385 e. The van der Waals surface area contributed by atoms with Crippen LogP contribution in [0.25, 0.3) is 0 Å². The Labute approximate surface area is 100 Å². The maximum Gasteiger partial charge on any atom is 0.0916 e. The minimum Gasteiger partial charge on any atom is -0.385 e. The third-order valence-corrected chi connectivity index (χ3v) is 3.63. The van der Waals surface area contributed by atoms with E-state index in [1.807, 2.05) is 0 Å². The number of allylic oxidation sites excluding steroid dienone is 2. The summed E-state index contributed by atoms with van der Waals surface area (Å²) < 4.78 is 0. The van der Waals surface area contributed by atoms with Gasteiger partial charge in [-0.15, -0.1) is 0 Å². The van der Waals surface area contributed by atoms with Crippen LogP contribution in [-0.2, 0) is 0 Å². The van der Waals surface area contributed by atoms with Gasteiger partial charge in [0.1, 0.15) is 0 Å². The lowest BCUT2D eigenvalue weighted by atomic mass is 9.67. The summed E-state index contributed by atoms with van der Waals surface area (Å²) >= 11 is 0. The lowest BCUT2D eigenvalue weighted by molar-refractivity contribution is -0.0137. The Morgan fingerprint density at radius 1 is 1.12 bits per heavy atom. The Kier molecular flexibility index (Phi) is 3.15. The molecule has 0 aromatic rings. The molecule has 0 saturated heterocycles. The van der Waals surface area contributed by atoms with Crippen molar-refractivity contribution in [3.05, 3.63) is 23.3 Å². The molecule has 1 N–H and O–H groups in total. The van der Waals surface area contributed by atoms with Crippen molar-refractivity contribution < 1.29 is 5.11 Å². The van der Waals surface area contributed by atoms with E-state index in [2.05, 4.69) is 60.6 Å². The number of aliphatic hydroxyl groups is 1. The van der Waals surface area contributed by atoms with Gasteiger partial charge in [-0.25, -0.2) is 0 Å². The van der Waals surface area contributed by atoms with Crippen molar-refractivity contribution in [2.45, 2.75) is 60.5 Å². The molecular formula is C15H26O. The monoisotopic (exact) mass is 222 g/mol. The fourth-order valence-corrected chi connectivity index (χ4v) is 2.16. The molecular weight excluding hydrogens is 196 g/mol. The number of rotatable bonds is 0. The zero-order valence-corrected chi connectivity index (χ0v) is 11.8. The summed E-state index contributed by atoms with van der Waals surface area (Å²) in [5, 5.41) is 10.7. The van der Waals surface area contributed by atoms with E-state index in [1.54, 1.807) is 0 Å². The van der Waals surface area contributed by atoms with Crippen LogP contribution in [0.1, 0.15) is 54.9 Å². The van der Waals surface area contributed by atoms with Crippen LogP contribution in [0.2, 0.25) is 0 Å². The van der Waals surface area contributed by atoms with Gasteiger partial charge in [0.2, 0.25) is 0 Å². The molecule has 0 bridgehead atoms. The first kappa shape index (κ1) is 13.5. The van der Waals surface area contributed by atoms with Crippen LogP contribution in [0.3, 0.4) is 0 Å². The Morgan fingerprint density at radius 3 is 2.00 bits per heavy atom. The van der Waals surface area contributed by atoms with E-state index in [-0.39, 0.29) is 10.8 Å². The second-order valence-corrected chi connectivity index (χ2v) is 7.07. The molecule has 0 spiro atoms. The molecule has 1 nitrogen and oxygen atoms in total. The van der Waals surface area contributed by atoms with Crippen LogP contribution in [0.5, 0.6) is 0 Å². The highest BCUT2D eigenvalue weighted by atomic mass is 16.3. The van der Waals surface area contributed by atoms with Gasteiger partial charge in [0.15, 0.2) is 0 Å². The lowest BCUT2D eigenvalue weighted by Crippen LogP contribution is -2.42. The summed E-state index contributed by atoms with van der Waals surface area (Å²) in [6.07, 6.45) is 4.98.